The molecule has 0 bridgehead atoms. The first-order chi connectivity index (χ1) is 11.2. The van der Waals surface area contributed by atoms with Gasteiger partial charge in [-0.3, -0.25) is 4.79 Å². The van der Waals surface area contributed by atoms with Crippen molar-refractivity contribution in [1.29, 1.82) is 0 Å². The molecule has 1 fully saturated rings. The Balaban J connectivity index is 1.55. The molecule has 1 atom stereocenters. The van der Waals surface area contributed by atoms with Gasteiger partial charge in [-0.15, -0.1) is 0 Å². The molecule has 3 rings (SSSR count). The lowest BCUT2D eigenvalue weighted by atomic mass is 10.2. The van der Waals surface area contributed by atoms with Crippen LogP contribution in [0.4, 0.5) is 5.69 Å². The van der Waals surface area contributed by atoms with E-state index in [1.54, 1.807) is 30.3 Å². The van der Waals surface area contributed by atoms with Crippen LogP contribution in [0.25, 0.3) is 0 Å². The molecule has 2 heterocycles. The number of carbonyl (C=O) groups excluding carboxylic acids is 1. The third kappa shape index (κ3) is 4.20. The van der Waals surface area contributed by atoms with Crippen molar-refractivity contribution in [3.63, 3.8) is 0 Å². The van der Waals surface area contributed by atoms with Crippen LogP contribution >= 0.6 is 0 Å². The minimum absolute atomic E-state index is 0.172. The molecule has 120 valence electrons. The molecule has 0 unspecified atom stereocenters. The molecule has 0 radical (unpaired) electrons. The first kappa shape index (κ1) is 15.3. The fraction of sp³-hybridized carbons (Fsp3) is 0.294. The van der Waals surface area contributed by atoms with E-state index in [-0.39, 0.29) is 12.0 Å². The highest BCUT2D eigenvalue weighted by atomic mass is 16.5. The number of pyridine rings is 1. The quantitative estimate of drug-likeness (QED) is 0.678. The molecule has 23 heavy (non-hydrogen) atoms. The summed E-state index contributed by atoms with van der Waals surface area (Å²) in [5.74, 6) is 0.402. The first-order valence-corrected chi connectivity index (χ1v) is 7.55. The summed E-state index contributed by atoms with van der Waals surface area (Å²) in [5.41, 5.74) is 0.946. The van der Waals surface area contributed by atoms with Crippen molar-refractivity contribution in [2.24, 2.45) is 0 Å². The average molecular weight is 314 g/mol. The summed E-state index contributed by atoms with van der Waals surface area (Å²) in [6.07, 6.45) is 4.85. The summed E-state index contributed by atoms with van der Waals surface area (Å²) in [4.78, 5) is 12.0. The Kier molecular flexibility index (Phi) is 4.73. The van der Waals surface area contributed by atoms with Crippen molar-refractivity contribution in [3.8, 4) is 5.75 Å². The van der Waals surface area contributed by atoms with E-state index in [2.05, 4.69) is 5.32 Å². The normalized spacial score (nSPS) is 17.0. The maximum atomic E-state index is 12.0. The predicted octanol–water partition coefficient (Wildman–Crippen LogP) is 2.13. The number of carbonyl (C=O) groups is 1. The van der Waals surface area contributed by atoms with E-state index in [1.165, 1.54) is 18.5 Å². The molecule has 1 amide bonds. The van der Waals surface area contributed by atoms with Gasteiger partial charge in [-0.1, -0.05) is 0 Å². The summed E-state index contributed by atoms with van der Waals surface area (Å²) >= 11 is 0. The fourth-order valence-corrected chi connectivity index (χ4v) is 2.39. The molecule has 0 aliphatic carbocycles. The Morgan fingerprint density at radius 1 is 1.35 bits per heavy atom. The largest absolute Gasteiger partial charge is 0.619 e. The number of anilines is 1. The molecule has 6 heteroatoms. The van der Waals surface area contributed by atoms with Gasteiger partial charge in [0.2, 0.25) is 0 Å². The van der Waals surface area contributed by atoms with E-state index in [4.69, 9.17) is 9.47 Å². The van der Waals surface area contributed by atoms with Gasteiger partial charge >= 0.3 is 0 Å². The molecular weight excluding hydrogens is 296 g/mol. The van der Waals surface area contributed by atoms with Crippen molar-refractivity contribution in [2.45, 2.75) is 18.9 Å². The van der Waals surface area contributed by atoms with Crippen LogP contribution in [0.3, 0.4) is 0 Å². The number of aromatic nitrogens is 1. The molecule has 0 saturated carbocycles. The summed E-state index contributed by atoms with van der Waals surface area (Å²) in [6.45, 7) is 1.35. The van der Waals surface area contributed by atoms with Gasteiger partial charge in [0.1, 0.15) is 17.9 Å². The van der Waals surface area contributed by atoms with Crippen molar-refractivity contribution < 1.29 is 19.0 Å². The lowest BCUT2D eigenvalue weighted by Gasteiger charge is -2.12. The van der Waals surface area contributed by atoms with Crippen LogP contribution in [-0.2, 0) is 4.74 Å². The Morgan fingerprint density at radius 3 is 2.87 bits per heavy atom. The van der Waals surface area contributed by atoms with Crippen LogP contribution in [0, 0.1) is 5.21 Å². The third-order valence-electron chi connectivity index (χ3n) is 3.61. The lowest BCUT2D eigenvalue weighted by Crippen LogP contribution is -2.27. The minimum Gasteiger partial charge on any atom is -0.619 e. The van der Waals surface area contributed by atoms with Gasteiger partial charge in [-0.25, -0.2) is 0 Å². The van der Waals surface area contributed by atoms with Gasteiger partial charge in [0, 0.05) is 18.4 Å². The van der Waals surface area contributed by atoms with E-state index < -0.39 is 0 Å². The number of nitrogens with zero attached hydrogens (tertiary/aromatic N) is 1. The Morgan fingerprint density at radius 2 is 2.17 bits per heavy atom. The van der Waals surface area contributed by atoms with Gasteiger partial charge in [-0.05, 0) is 43.2 Å². The molecular formula is C17H18N2O4. The lowest BCUT2D eigenvalue weighted by molar-refractivity contribution is -0.605. The van der Waals surface area contributed by atoms with E-state index in [9.17, 15) is 10.0 Å². The fourth-order valence-electron chi connectivity index (χ4n) is 2.39. The zero-order valence-corrected chi connectivity index (χ0v) is 12.6. The van der Waals surface area contributed by atoms with Gasteiger partial charge in [0.25, 0.3) is 5.91 Å². The standard InChI is InChI=1S/C17H18N2O4/c20-17(13-3-1-9-19(21)11-13)18-14-5-7-15(8-6-14)23-12-16-4-2-10-22-16/h1,3,5-9,11,16H,2,4,10,12H2,(H,18,20)/t16-/m1/s1. The minimum atomic E-state index is -0.330. The molecule has 1 aromatic heterocycles. The van der Waals surface area contributed by atoms with E-state index in [0.717, 1.165) is 25.2 Å². The molecule has 1 N–H and O–H groups in total. The predicted molar refractivity (Wildman–Crippen MR) is 84.3 cm³/mol. The van der Waals surface area contributed by atoms with Crippen molar-refractivity contribution in [2.75, 3.05) is 18.5 Å². The maximum Gasteiger partial charge on any atom is 0.261 e. The van der Waals surface area contributed by atoms with E-state index in [0.29, 0.717) is 22.6 Å². The Labute approximate surface area is 134 Å². The molecule has 1 aliphatic heterocycles. The van der Waals surface area contributed by atoms with Crippen molar-refractivity contribution >= 4 is 11.6 Å². The Bertz CT molecular complexity index is 667. The smallest absolute Gasteiger partial charge is 0.261 e. The highest BCUT2D eigenvalue weighted by molar-refractivity contribution is 6.03. The monoisotopic (exact) mass is 314 g/mol. The van der Waals surface area contributed by atoms with Gasteiger partial charge in [0.15, 0.2) is 12.4 Å². The third-order valence-corrected chi connectivity index (χ3v) is 3.61. The number of nitrogens with one attached hydrogen (secondary N) is 1. The summed E-state index contributed by atoms with van der Waals surface area (Å²) in [6, 6.07) is 10.2. The zero-order valence-electron chi connectivity index (χ0n) is 12.6. The molecule has 6 nitrogen and oxygen atoms in total. The Hall–Kier alpha value is -2.60. The zero-order chi connectivity index (χ0) is 16.1. The second kappa shape index (κ2) is 7.11. The molecule has 1 aromatic carbocycles. The van der Waals surface area contributed by atoms with Crippen LogP contribution in [0.2, 0.25) is 0 Å². The number of benzene rings is 1. The topological polar surface area (TPSA) is 74.5 Å². The van der Waals surface area contributed by atoms with Crippen LogP contribution in [0.1, 0.15) is 23.2 Å². The van der Waals surface area contributed by atoms with Crippen molar-refractivity contribution in [1.82, 2.24) is 0 Å². The average Bonchev–Trinajstić information content (AvgIpc) is 3.08. The van der Waals surface area contributed by atoms with Crippen LogP contribution in [0.15, 0.2) is 48.8 Å². The number of rotatable bonds is 5. The van der Waals surface area contributed by atoms with Gasteiger partial charge in [0.05, 0.1) is 6.10 Å². The van der Waals surface area contributed by atoms with Gasteiger partial charge in [-0.2, -0.15) is 4.73 Å². The van der Waals surface area contributed by atoms with E-state index in [1.807, 2.05) is 0 Å². The number of ether oxygens (including phenoxy) is 2. The molecule has 1 saturated heterocycles. The number of hydrogen-bond acceptors (Lipinski definition) is 4. The van der Waals surface area contributed by atoms with Gasteiger partial charge < -0.3 is 20.0 Å². The maximum absolute atomic E-state index is 12.0. The van der Waals surface area contributed by atoms with Crippen molar-refractivity contribution in [3.05, 3.63) is 59.6 Å². The van der Waals surface area contributed by atoms with Crippen LogP contribution < -0.4 is 14.8 Å². The molecule has 2 aromatic rings. The summed E-state index contributed by atoms with van der Waals surface area (Å²) in [5, 5.41) is 13.9. The second-order valence-corrected chi connectivity index (χ2v) is 5.38. The highest BCUT2D eigenvalue weighted by Crippen LogP contribution is 2.18. The summed E-state index contributed by atoms with van der Waals surface area (Å²) < 4.78 is 11.8. The SMILES string of the molecule is O=C(Nc1ccc(OC[C@H]2CCCO2)cc1)c1ccc[n+]([O-])c1. The molecule has 1 aliphatic rings. The van der Waals surface area contributed by atoms with E-state index >= 15 is 0 Å². The first-order valence-electron chi connectivity index (χ1n) is 7.55. The number of hydrogen-bond donors (Lipinski definition) is 1. The van der Waals surface area contributed by atoms with Crippen LogP contribution in [-0.4, -0.2) is 25.2 Å². The molecule has 0 spiro atoms. The highest BCUT2D eigenvalue weighted by Gasteiger charge is 2.16. The number of amides is 1. The second-order valence-electron chi connectivity index (χ2n) is 5.38. The summed E-state index contributed by atoms with van der Waals surface area (Å²) in [7, 11) is 0. The van der Waals surface area contributed by atoms with Crippen LogP contribution in [0.5, 0.6) is 5.75 Å².